The Labute approximate surface area is 103 Å². The third kappa shape index (κ3) is 2.98. The van der Waals surface area contributed by atoms with Gasteiger partial charge in [-0.25, -0.2) is 0 Å². The summed E-state index contributed by atoms with van der Waals surface area (Å²) in [6, 6.07) is 10.8. The maximum absolute atomic E-state index is 8.61. The van der Waals surface area contributed by atoms with E-state index >= 15 is 0 Å². The summed E-state index contributed by atoms with van der Waals surface area (Å²) in [5, 5.41) is 12.2. The molecule has 1 fully saturated rings. The Bertz CT molecular complexity index is 391. The van der Waals surface area contributed by atoms with Gasteiger partial charge in [-0.1, -0.05) is 18.6 Å². The van der Waals surface area contributed by atoms with Crippen molar-refractivity contribution in [2.24, 2.45) is 11.7 Å². The zero-order chi connectivity index (χ0) is 12.1. The average Bonchev–Trinajstić information content (AvgIpc) is 2.79. The summed E-state index contributed by atoms with van der Waals surface area (Å²) in [6.07, 6.45) is 4.20. The molecule has 90 valence electrons. The molecule has 0 spiro atoms. The van der Waals surface area contributed by atoms with Crippen molar-refractivity contribution in [3.63, 3.8) is 0 Å². The highest BCUT2D eigenvalue weighted by Crippen LogP contribution is 2.27. The maximum atomic E-state index is 8.61. The van der Waals surface area contributed by atoms with E-state index in [2.05, 4.69) is 23.5 Å². The lowest BCUT2D eigenvalue weighted by Crippen LogP contribution is -2.29. The molecule has 3 heteroatoms. The van der Waals surface area contributed by atoms with E-state index in [-0.39, 0.29) is 0 Å². The third-order valence-corrected chi connectivity index (χ3v) is 3.55. The highest BCUT2D eigenvalue weighted by Gasteiger charge is 2.25. The predicted octanol–water partition coefficient (Wildman–Crippen LogP) is 2.29. The molecule has 1 saturated carbocycles. The Morgan fingerprint density at radius 2 is 2.06 bits per heavy atom. The number of anilines is 1. The van der Waals surface area contributed by atoms with Crippen molar-refractivity contribution in [2.45, 2.75) is 31.7 Å². The quantitative estimate of drug-likeness (QED) is 0.832. The van der Waals surface area contributed by atoms with E-state index in [1.165, 1.54) is 19.3 Å². The summed E-state index contributed by atoms with van der Waals surface area (Å²) >= 11 is 0. The van der Waals surface area contributed by atoms with E-state index in [1.54, 1.807) is 0 Å². The molecular formula is C14H19N3. The van der Waals surface area contributed by atoms with Crippen molar-refractivity contribution in [3.8, 4) is 6.07 Å². The average molecular weight is 229 g/mol. The third-order valence-electron chi connectivity index (χ3n) is 3.55. The molecule has 2 rings (SSSR count). The number of hydrogen-bond acceptors (Lipinski definition) is 3. The lowest BCUT2D eigenvalue weighted by atomic mass is 10.0. The summed E-state index contributed by atoms with van der Waals surface area (Å²) in [7, 11) is 0. The number of rotatable bonds is 4. The van der Waals surface area contributed by atoms with Crippen LogP contribution >= 0.6 is 0 Å². The van der Waals surface area contributed by atoms with Crippen LogP contribution in [-0.4, -0.2) is 12.6 Å². The molecule has 1 aromatic carbocycles. The van der Waals surface area contributed by atoms with Crippen molar-refractivity contribution in [3.05, 3.63) is 29.8 Å². The highest BCUT2D eigenvalue weighted by atomic mass is 14.9. The van der Waals surface area contributed by atoms with Gasteiger partial charge in [-0.05, 0) is 43.0 Å². The topological polar surface area (TPSA) is 61.8 Å². The minimum absolute atomic E-state index is 0.481. The zero-order valence-corrected chi connectivity index (χ0v) is 10.0. The molecule has 0 aliphatic heterocycles. The number of nitrogens with one attached hydrogen (secondary N) is 1. The van der Waals surface area contributed by atoms with Gasteiger partial charge < -0.3 is 11.1 Å². The summed E-state index contributed by atoms with van der Waals surface area (Å²) in [5.74, 6) is 0.605. The van der Waals surface area contributed by atoms with Crippen LogP contribution in [0.1, 0.15) is 24.8 Å². The van der Waals surface area contributed by atoms with Gasteiger partial charge in [0.05, 0.1) is 12.5 Å². The van der Waals surface area contributed by atoms with Crippen LogP contribution in [0.25, 0.3) is 0 Å². The van der Waals surface area contributed by atoms with Crippen molar-refractivity contribution >= 4 is 5.69 Å². The van der Waals surface area contributed by atoms with E-state index in [0.717, 1.165) is 17.8 Å². The number of nitrogens with two attached hydrogens (primary N) is 1. The van der Waals surface area contributed by atoms with Crippen LogP contribution in [0, 0.1) is 17.2 Å². The molecule has 17 heavy (non-hydrogen) atoms. The molecule has 0 radical (unpaired) electrons. The minimum Gasteiger partial charge on any atom is -0.382 e. The molecule has 0 bridgehead atoms. The van der Waals surface area contributed by atoms with Gasteiger partial charge in [0, 0.05) is 11.7 Å². The van der Waals surface area contributed by atoms with E-state index < -0.39 is 0 Å². The maximum Gasteiger partial charge on any atom is 0.0669 e. The summed E-state index contributed by atoms with van der Waals surface area (Å²) < 4.78 is 0. The predicted molar refractivity (Wildman–Crippen MR) is 69.6 cm³/mol. The Kier molecular flexibility index (Phi) is 4.00. The first-order valence-electron chi connectivity index (χ1n) is 6.26. The Morgan fingerprint density at radius 3 is 2.71 bits per heavy atom. The van der Waals surface area contributed by atoms with Gasteiger partial charge in [-0.15, -0.1) is 0 Å². The molecule has 3 N–H and O–H groups in total. The summed E-state index contributed by atoms with van der Waals surface area (Å²) in [4.78, 5) is 0. The fourth-order valence-electron chi connectivity index (χ4n) is 2.53. The molecule has 0 saturated heterocycles. The van der Waals surface area contributed by atoms with Crippen LogP contribution in [0.2, 0.25) is 0 Å². The molecule has 1 aliphatic carbocycles. The Hall–Kier alpha value is -1.53. The van der Waals surface area contributed by atoms with Crippen LogP contribution < -0.4 is 11.1 Å². The minimum atomic E-state index is 0.481. The van der Waals surface area contributed by atoms with Gasteiger partial charge in [-0.2, -0.15) is 5.26 Å². The van der Waals surface area contributed by atoms with Gasteiger partial charge in [0.25, 0.3) is 0 Å². The molecule has 0 heterocycles. The second-order valence-corrected chi connectivity index (χ2v) is 4.71. The Balaban J connectivity index is 1.97. The lowest BCUT2D eigenvalue weighted by molar-refractivity contribution is 0.516. The van der Waals surface area contributed by atoms with Crippen molar-refractivity contribution in [2.75, 3.05) is 11.9 Å². The van der Waals surface area contributed by atoms with Crippen LogP contribution in [0.4, 0.5) is 5.69 Å². The van der Waals surface area contributed by atoms with Crippen LogP contribution in [0.5, 0.6) is 0 Å². The van der Waals surface area contributed by atoms with Gasteiger partial charge >= 0.3 is 0 Å². The number of hydrogen-bond donors (Lipinski definition) is 2. The van der Waals surface area contributed by atoms with Gasteiger partial charge in [0.1, 0.15) is 0 Å². The monoisotopic (exact) mass is 229 g/mol. The molecular weight excluding hydrogens is 210 g/mol. The van der Waals surface area contributed by atoms with E-state index in [4.69, 9.17) is 11.0 Å². The van der Waals surface area contributed by atoms with E-state index in [9.17, 15) is 0 Å². The molecule has 2 atom stereocenters. The van der Waals surface area contributed by atoms with Crippen LogP contribution in [-0.2, 0) is 6.42 Å². The second-order valence-electron chi connectivity index (χ2n) is 4.71. The summed E-state index contributed by atoms with van der Waals surface area (Å²) in [5.41, 5.74) is 7.97. The zero-order valence-electron chi connectivity index (χ0n) is 10.0. The lowest BCUT2D eigenvalue weighted by Gasteiger charge is -2.20. The van der Waals surface area contributed by atoms with Gasteiger partial charge in [0.2, 0.25) is 0 Å². The second kappa shape index (κ2) is 5.70. The molecule has 1 aromatic rings. The standard InChI is InChI=1S/C14H19N3/c15-9-8-11-4-6-13(7-5-11)17-14-3-1-2-12(14)10-16/h4-7,12,14,17H,1-3,8,10,16H2. The first-order chi connectivity index (χ1) is 8.33. The largest absolute Gasteiger partial charge is 0.382 e. The van der Waals surface area contributed by atoms with Crippen molar-refractivity contribution in [1.82, 2.24) is 0 Å². The fraction of sp³-hybridized carbons (Fsp3) is 0.500. The fourth-order valence-corrected chi connectivity index (χ4v) is 2.53. The number of nitrogens with zero attached hydrogens (tertiary/aromatic N) is 1. The first kappa shape index (κ1) is 11.9. The van der Waals surface area contributed by atoms with Gasteiger partial charge in [0.15, 0.2) is 0 Å². The molecule has 1 aliphatic rings. The number of benzene rings is 1. The first-order valence-corrected chi connectivity index (χ1v) is 6.26. The van der Waals surface area contributed by atoms with Crippen molar-refractivity contribution < 1.29 is 0 Å². The smallest absolute Gasteiger partial charge is 0.0669 e. The molecule has 3 nitrogen and oxygen atoms in total. The van der Waals surface area contributed by atoms with Gasteiger partial charge in [-0.3, -0.25) is 0 Å². The van der Waals surface area contributed by atoms with Crippen molar-refractivity contribution in [1.29, 1.82) is 5.26 Å². The summed E-state index contributed by atoms with van der Waals surface area (Å²) in [6.45, 7) is 0.768. The molecule has 0 amide bonds. The highest BCUT2D eigenvalue weighted by molar-refractivity contribution is 5.46. The SMILES string of the molecule is N#CCc1ccc(NC2CCCC2CN)cc1. The normalized spacial score (nSPS) is 23.3. The molecule has 2 unspecified atom stereocenters. The van der Waals surface area contributed by atoms with Crippen LogP contribution in [0.15, 0.2) is 24.3 Å². The van der Waals surface area contributed by atoms with E-state index in [0.29, 0.717) is 18.4 Å². The Morgan fingerprint density at radius 1 is 1.29 bits per heavy atom. The number of nitriles is 1. The molecule has 0 aromatic heterocycles. The van der Waals surface area contributed by atoms with E-state index in [1.807, 2.05) is 12.1 Å². The van der Waals surface area contributed by atoms with Crippen LogP contribution in [0.3, 0.4) is 0 Å².